The van der Waals surface area contributed by atoms with Crippen molar-refractivity contribution >= 4 is 42.6 Å². The Morgan fingerprint density at radius 3 is 2.44 bits per heavy atom. The first-order valence-electron chi connectivity index (χ1n) is 12.1. The van der Waals surface area contributed by atoms with E-state index in [9.17, 15) is 13.2 Å². The predicted molar refractivity (Wildman–Crippen MR) is 144 cm³/mol. The first-order valence-corrected chi connectivity index (χ1v) is 14.3. The Balaban J connectivity index is 1.67. The molecule has 0 fully saturated rings. The summed E-state index contributed by atoms with van der Waals surface area (Å²) in [4.78, 5) is 20.2. The molecule has 0 aliphatic carbocycles. The van der Waals surface area contributed by atoms with Crippen molar-refractivity contribution in [2.45, 2.75) is 52.0 Å². The fraction of sp³-hybridized carbons (Fsp3) is 0.333. The highest BCUT2D eigenvalue weighted by Gasteiger charge is 2.26. The SMILES string of the molecule is CCCCN(CC)S(=O)(=O)c1ccc(C(=O)N(Cc2ccco2)c2nc3c(C)c(C)ccc3s2)cc1. The molecular formula is C27H31N3O4S2. The van der Waals surface area contributed by atoms with Crippen LogP contribution in [0.15, 0.2) is 64.1 Å². The third kappa shape index (κ3) is 5.23. The monoisotopic (exact) mass is 525 g/mol. The lowest BCUT2D eigenvalue weighted by molar-refractivity contribution is 0.0983. The van der Waals surface area contributed by atoms with Crippen LogP contribution < -0.4 is 4.90 Å². The van der Waals surface area contributed by atoms with Crippen LogP contribution in [0.3, 0.4) is 0 Å². The number of carbonyl (C=O) groups excluding carboxylic acids is 1. The molecule has 7 nitrogen and oxygen atoms in total. The molecule has 2 aromatic heterocycles. The van der Waals surface area contributed by atoms with Crippen LogP contribution >= 0.6 is 11.3 Å². The van der Waals surface area contributed by atoms with Gasteiger partial charge in [0.2, 0.25) is 10.0 Å². The quantitative estimate of drug-likeness (QED) is 0.247. The Labute approximate surface area is 216 Å². The number of fused-ring (bicyclic) bond motifs is 1. The van der Waals surface area contributed by atoms with E-state index in [1.54, 1.807) is 29.4 Å². The molecule has 0 unspecified atom stereocenters. The van der Waals surface area contributed by atoms with Crippen LogP contribution in [-0.2, 0) is 16.6 Å². The second-order valence-electron chi connectivity index (χ2n) is 8.70. The zero-order valence-corrected chi connectivity index (χ0v) is 22.7. The number of unbranched alkanes of at least 4 members (excludes halogenated alkanes) is 1. The van der Waals surface area contributed by atoms with Crippen LogP contribution in [0, 0.1) is 13.8 Å². The second kappa shape index (κ2) is 10.9. The minimum atomic E-state index is -3.62. The number of hydrogen-bond donors (Lipinski definition) is 0. The van der Waals surface area contributed by atoms with Crippen LogP contribution in [0.1, 0.15) is 53.9 Å². The number of carbonyl (C=O) groups is 1. The highest BCUT2D eigenvalue weighted by molar-refractivity contribution is 7.89. The van der Waals surface area contributed by atoms with Crippen LogP contribution in [0.25, 0.3) is 10.2 Å². The van der Waals surface area contributed by atoms with Crippen molar-refractivity contribution in [2.75, 3.05) is 18.0 Å². The second-order valence-corrected chi connectivity index (χ2v) is 11.6. The summed E-state index contributed by atoms with van der Waals surface area (Å²) in [6.45, 7) is 9.02. The predicted octanol–water partition coefficient (Wildman–Crippen LogP) is 6.16. The van der Waals surface area contributed by atoms with Crippen molar-refractivity contribution in [3.05, 3.63) is 77.2 Å². The van der Waals surface area contributed by atoms with E-state index in [-0.39, 0.29) is 17.3 Å². The third-order valence-corrected chi connectivity index (χ3v) is 9.33. The minimum absolute atomic E-state index is 0.181. The maximum atomic E-state index is 13.7. The normalized spacial score (nSPS) is 11.9. The van der Waals surface area contributed by atoms with E-state index in [0.717, 1.165) is 34.2 Å². The maximum Gasteiger partial charge on any atom is 0.260 e. The fourth-order valence-corrected chi connectivity index (χ4v) is 6.48. The molecule has 0 saturated heterocycles. The highest BCUT2D eigenvalue weighted by Crippen LogP contribution is 2.33. The van der Waals surface area contributed by atoms with Crippen molar-refractivity contribution in [3.63, 3.8) is 0 Å². The van der Waals surface area contributed by atoms with E-state index < -0.39 is 10.0 Å². The van der Waals surface area contributed by atoms with Crippen molar-refractivity contribution in [1.29, 1.82) is 0 Å². The number of hydrogen-bond acceptors (Lipinski definition) is 6. The number of thiazole rings is 1. The van der Waals surface area contributed by atoms with Gasteiger partial charge in [0.25, 0.3) is 5.91 Å². The standard InChI is InChI=1S/C27H31N3O4S2/c1-5-7-16-29(6-2)36(32,33)23-13-11-21(12-14-23)26(31)30(18-22-9-8-17-34-22)27-28-25-20(4)19(3)10-15-24(25)35-27/h8-15,17H,5-7,16,18H2,1-4H3. The summed E-state index contributed by atoms with van der Waals surface area (Å²) in [5.41, 5.74) is 3.48. The zero-order valence-electron chi connectivity index (χ0n) is 21.0. The molecule has 9 heteroatoms. The maximum absolute atomic E-state index is 13.7. The summed E-state index contributed by atoms with van der Waals surface area (Å²) in [5, 5.41) is 0.563. The molecule has 0 bridgehead atoms. The molecule has 0 saturated carbocycles. The van der Waals surface area contributed by atoms with Gasteiger partial charge in [-0.25, -0.2) is 13.4 Å². The van der Waals surface area contributed by atoms with Crippen molar-refractivity contribution in [3.8, 4) is 0 Å². The third-order valence-electron chi connectivity index (χ3n) is 6.30. The molecular weight excluding hydrogens is 494 g/mol. The molecule has 2 heterocycles. The van der Waals surface area contributed by atoms with Crippen molar-refractivity contribution in [1.82, 2.24) is 9.29 Å². The van der Waals surface area contributed by atoms with Gasteiger partial charge in [-0.1, -0.05) is 37.7 Å². The average Bonchev–Trinajstić information content (AvgIpc) is 3.55. The number of anilines is 1. The molecule has 1 amide bonds. The Bertz CT molecular complexity index is 1440. The minimum Gasteiger partial charge on any atom is -0.467 e. The van der Waals surface area contributed by atoms with Gasteiger partial charge in [-0.05, 0) is 73.9 Å². The molecule has 0 radical (unpaired) electrons. The van der Waals surface area contributed by atoms with Crippen LogP contribution in [-0.4, -0.2) is 36.7 Å². The molecule has 4 rings (SSSR count). The number of furan rings is 1. The Kier molecular flexibility index (Phi) is 7.92. The van der Waals surface area contributed by atoms with Crippen molar-refractivity contribution < 1.29 is 17.6 Å². The summed E-state index contributed by atoms with van der Waals surface area (Å²) in [6.07, 6.45) is 3.28. The topological polar surface area (TPSA) is 83.7 Å². The van der Waals surface area contributed by atoms with Gasteiger partial charge in [0.15, 0.2) is 5.13 Å². The highest BCUT2D eigenvalue weighted by atomic mass is 32.2. The van der Waals surface area contributed by atoms with E-state index in [4.69, 9.17) is 9.40 Å². The zero-order chi connectivity index (χ0) is 25.9. The first-order chi connectivity index (χ1) is 17.3. The van der Waals surface area contributed by atoms with E-state index in [0.29, 0.717) is 29.5 Å². The summed E-state index contributed by atoms with van der Waals surface area (Å²) in [6, 6.07) is 13.8. The van der Waals surface area contributed by atoms with E-state index in [1.165, 1.54) is 27.8 Å². The van der Waals surface area contributed by atoms with Gasteiger partial charge in [-0.2, -0.15) is 4.31 Å². The van der Waals surface area contributed by atoms with Crippen LogP contribution in [0.2, 0.25) is 0 Å². The van der Waals surface area contributed by atoms with E-state index in [2.05, 4.69) is 6.07 Å². The van der Waals surface area contributed by atoms with Gasteiger partial charge in [-0.3, -0.25) is 9.69 Å². The number of nitrogens with zero attached hydrogens (tertiary/aromatic N) is 3. The lowest BCUT2D eigenvalue weighted by atomic mass is 10.1. The summed E-state index contributed by atoms with van der Waals surface area (Å²) >= 11 is 1.44. The van der Waals surface area contributed by atoms with Gasteiger partial charge in [0.1, 0.15) is 5.76 Å². The molecule has 0 aliphatic rings. The van der Waals surface area contributed by atoms with Gasteiger partial charge in [0, 0.05) is 18.7 Å². The number of rotatable bonds is 10. The largest absolute Gasteiger partial charge is 0.467 e. The molecule has 0 atom stereocenters. The fourth-order valence-electron chi connectivity index (χ4n) is 3.97. The number of amides is 1. The molecule has 0 aliphatic heterocycles. The lowest BCUT2D eigenvalue weighted by Gasteiger charge is -2.21. The van der Waals surface area contributed by atoms with Gasteiger partial charge < -0.3 is 4.42 Å². The number of sulfonamides is 1. The van der Waals surface area contributed by atoms with Crippen molar-refractivity contribution in [2.24, 2.45) is 0 Å². The smallest absolute Gasteiger partial charge is 0.260 e. The Morgan fingerprint density at radius 1 is 1.06 bits per heavy atom. The number of aromatic nitrogens is 1. The summed E-state index contributed by atoms with van der Waals surface area (Å²) in [5.74, 6) is 0.353. The van der Waals surface area contributed by atoms with E-state index in [1.807, 2.05) is 39.8 Å². The number of aryl methyl sites for hydroxylation is 2. The molecule has 0 N–H and O–H groups in total. The Morgan fingerprint density at radius 2 is 1.81 bits per heavy atom. The Hall–Kier alpha value is -3.01. The van der Waals surface area contributed by atoms with Gasteiger partial charge in [-0.15, -0.1) is 0 Å². The number of benzene rings is 2. The van der Waals surface area contributed by atoms with Crippen LogP contribution in [0.4, 0.5) is 5.13 Å². The van der Waals surface area contributed by atoms with Crippen LogP contribution in [0.5, 0.6) is 0 Å². The molecule has 4 aromatic rings. The molecule has 190 valence electrons. The molecule has 0 spiro atoms. The molecule has 36 heavy (non-hydrogen) atoms. The van der Waals surface area contributed by atoms with E-state index >= 15 is 0 Å². The summed E-state index contributed by atoms with van der Waals surface area (Å²) in [7, 11) is -3.62. The first kappa shape index (κ1) is 26.1. The summed E-state index contributed by atoms with van der Waals surface area (Å²) < 4.78 is 34.2. The lowest BCUT2D eigenvalue weighted by Crippen LogP contribution is -2.32. The molecule has 2 aromatic carbocycles. The average molecular weight is 526 g/mol. The van der Waals surface area contributed by atoms with Gasteiger partial charge >= 0.3 is 0 Å². The van der Waals surface area contributed by atoms with Gasteiger partial charge in [0.05, 0.1) is 27.9 Å².